The number of nitrogen functional groups attached to an aromatic ring is 1. The van der Waals surface area contributed by atoms with Crippen LogP contribution in [0.15, 0.2) is 18.6 Å². The van der Waals surface area contributed by atoms with Crippen molar-refractivity contribution in [1.82, 2.24) is 19.7 Å². The maximum atomic E-state index is 5.48. The molecule has 15 heavy (non-hydrogen) atoms. The van der Waals surface area contributed by atoms with Crippen LogP contribution in [0, 0.1) is 6.92 Å². The van der Waals surface area contributed by atoms with Gasteiger partial charge in [0.2, 0.25) is 5.95 Å². The van der Waals surface area contributed by atoms with Crippen molar-refractivity contribution in [3.05, 3.63) is 24.3 Å². The first-order valence-corrected chi connectivity index (χ1v) is 4.50. The standard InChI is InChI=1S/C9H12N6/c1-6-8(5-15(2)14-6)13-9-11-3-7(10)4-12-9/h3-5H,10H2,1-2H3,(H,11,12,13). The largest absolute Gasteiger partial charge is 0.396 e. The molecular formula is C9H12N6. The van der Waals surface area contributed by atoms with E-state index in [-0.39, 0.29) is 0 Å². The highest BCUT2D eigenvalue weighted by molar-refractivity contribution is 5.55. The normalized spacial score (nSPS) is 10.3. The summed E-state index contributed by atoms with van der Waals surface area (Å²) in [5, 5.41) is 7.26. The second-order valence-corrected chi connectivity index (χ2v) is 3.27. The number of aromatic nitrogens is 4. The van der Waals surface area contributed by atoms with E-state index in [1.165, 1.54) is 0 Å². The Bertz CT molecular complexity index is 458. The van der Waals surface area contributed by atoms with Gasteiger partial charge in [0.05, 0.1) is 29.5 Å². The summed E-state index contributed by atoms with van der Waals surface area (Å²) in [6, 6.07) is 0. The van der Waals surface area contributed by atoms with Gasteiger partial charge in [-0.25, -0.2) is 9.97 Å². The van der Waals surface area contributed by atoms with E-state index in [2.05, 4.69) is 20.4 Å². The summed E-state index contributed by atoms with van der Waals surface area (Å²) in [4.78, 5) is 8.08. The minimum absolute atomic E-state index is 0.514. The van der Waals surface area contributed by atoms with E-state index in [0.717, 1.165) is 11.4 Å². The zero-order valence-electron chi connectivity index (χ0n) is 8.60. The molecule has 2 aromatic rings. The lowest BCUT2D eigenvalue weighted by Crippen LogP contribution is -1.98. The van der Waals surface area contributed by atoms with Gasteiger partial charge in [0.25, 0.3) is 0 Å². The first-order valence-electron chi connectivity index (χ1n) is 4.50. The van der Waals surface area contributed by atoms with Gasteiger partial charge in [-0.05, 0) is 6.92 Å². The Labute approximate surface area is 87.2 Å². The lowest BCUT2D eigenvalue weighted by molar-refractivity contribution is 0.756. The Morgan fingerprint density at radius 2 is 2.00 bits per heavy atom. The molecule has 0 aromatic carbocycles. The fourth-order valence-corrected chi connectivity index (χ4v) is 1.25. The van der Waals surface area contributed by atoms with Crippen molar-refractivity contribution >= 4 is 17.3 Å². The van der Waals surface area contributed by atoms with Crippen LogP contribution in [0.3, 0.4) is 0 Å². The number of hydrogen-bond donors (Lipinski definition) is 2. The van der Waals surface area contributed by atoms with Gasteiger partial charge in [0.15, 0.2) is 0 Å². The molecule has 78 valence electrons. The van der Waals surface area contributed by atoms with E-state index in [1.54, 1.807) is 17.1 Å². The third-order valence-corrected chi connectivity index (χ3v) is 1.93. The Morgan fingerprint density at radius 1 is 1.33 bits per heavy atom. The van der Waals surface area contributed by atoms with Gasteiger partial charge >= 0.3 is 0 Å². The van der Waals surface area contributed by atoms with Crippen LogP contribution in [0.4, 0.5) is 17.3 Å². The van der Waals surface area contributed by atoms with Crippen LogP contribution in [0.1, 0.15) is 5.69 Å². The number of aryl methyl sites for hydroxylation is 2. The van der Waals surface area contributed by atoms with E-state index in [9.17, 15) is 0 Å². The number of nitrogens with zero attached hydrogens (tertiary/aromatic N) is 4. The van der Waals surface area contributed by atoms with Crippen molar-refractivity contribution < 1.29 is 0 Å². The molecule has 0 aliphatic heterocycles. The van der Waals surface area contributed by atoms with Crippen LogP contribution >= 0.6 is 0 Å². The molecule has 0 atom stereocenters. The highest BCUT2D eigenvalue weighted by atomic mass is 15.3. The SMILES string of the molecule is Cc1nn(C)cc1Nc1ncc(N)cn1. The molecule has 0 fully saturated rings. The molecule has 0 bridgehead atoms. The summed E-state index contributed by atoms with van der Waals surface area (Å²) >= 11 is 0. The second kappa shape index (κ2) is 3.56. The molecule has 0 saturated carbocycles. The van der Waals surface area contributed by atoms with Crippen molar-refractivity contribution in [1.29, 1.82) is 0 Å². The average Bonchev–Trinajstić information content (AvgIpc) is 2.49. The molecule has 0 radical (unpaired) electrons. The van der Waals surface area contributed by atoms with Crippen molar-refractivity contribution in [2.24, 2.45) is 7.05 Å². The molecule has 0 spiro atoms. The topological polar surface area (TPSA) is 81.7 Å². The molecule has 2 heterocycles. The Kier molecular flexibility index (Phi) is 2.24. The summed E-state index contributed by atoms with van der Waals surface area (Å²) < 4.78 is 1.73. The number of nitrogens with one attached hydrogen (secondary N) is 1. The molecule has 0 amide bonds. The molecule has 6 heteroatoms. The first-order chi connectivity index (χ1) is 7.15. The molecule has 0 aliphatic rings. The monoisotopic (exact) mass is 204 g/mol. The van der Waals surface area contributed by atoms with Gasteiger partial charge in [-0.15, -0.1) is 0 Å². The first kappa shape index (κ1) is 9.45. The molecule has 3 N–H and O–H groups in total. The predicted octanol–water partition coefficient (Wildman–Crippen LogP) is 0.844. The van der Waals surface area contributed by atoms with Gasteiger partial charge in [0, 0.05) is 13.2 Å². The lowest BCUT2D eigenvalue weighted by Gasteiger charge is -2.01. The highest BCUT2D eigenvalue weighted by Crippen LogP contribution is 2.15. The molecule has 0 saturated heterocycles. The molecule has 0 unspecified atom stereocenters. The van der Waals surface area contributed by atoms with Crippen LogP contribution in [-0.2, 0) is 7.05 Å². The van der Waals surface area contributed by atoms with Gasteiger partial charge in [-0.2, -0.15) is 5.10 Å². The number of nitrogens with two attached hydrogens (primary N) is 1. The number of anilines is 3. The van der Waals surface area contributed by atoms with Gasteiger partial charge in [-0.1, -0.05) is 0 Å². The summed E-state index contributed by atoms with van der Waals surface area (Å²) in [6.45, 7) is 1.92. The van der Waals surface area contributed by atoms with Crippen LogP contribution in [0.5, 0.6) is 0 Å². The van der Waals surface area contributed by atoms with Crippen LogP contribution in [0.25, 0.3) is 0 Å². The molecule has 0 aliphatic carbocycles. The molecule has 2 aromatic heterocycles. The van der Waals surface area contributed by atoms with Crippen LogP contribution in [-0.4, -0.2) is 19.7 Å². The third-order valence-electron chi connectivity index (χ3n) is 1.93. The second-order valence-electron chi connectivity index (χ2n) is 3.27. The van der Waals surface area contributed by atoms with Crippen molar-refractivity contribution in [3.8, 4) is 0 Å². The minimum Gasteiger partial charge on any atom is -0.396 e. The van der Waals surface area contributed by atoms with E-state index in [0.29, 0.717) is 11.6 Å². The average molecular weight is 204 g/mol. The van der Waals surface area contributed by atoms with E-state index < -0.39 is 0 Å². The molecule has 6 nitrogen and oxygen atoms in total. The van der Waals surface area contributed by atoms with E-state index in [4.69, 9.17) is 5.73 Å². The fraction of sp³-hybridized carbons (Fsp3) is 0.222. The summed E-state index contributed by atoms with van der Waals surface area (Å²) in [7, 11) is 1.86. The summed E-state index contributed by atoms with van der Waals surface area (Å²) in [6.07, 6.45) is 4.98. The highest BCUT2D eigenvalue weighted by Gasteiger charge is 2.04. The minimum atomic E-state index is 0.514. The zero-order chi connectivity index (χ0) is 10.8. The van der Waals surface area contributed by atoms with Gasteiger partial charge < -0.3 is 11.1 Å². The summed E-state index contributed by atoms with van der Waals surface area (Å²) in [5.74, 6) is 0.514. The number of rotatable bonds is 2. The zero-order valence-corrected chi connectivity index (χ0v) is 8.60. The quantitative estimate of drug-likeness (QED) is 0.757. The van der Waals surface area contributed by atoms with Crippen molar-refractivity contribution in [2.45, 2.75) is 6.92 Å². The maximum absolute atomic E-state index is 5.48. The predicted molar refractivity (Wildman–Crippen MR) is 57.7 cm³/mol. The van der Waals surface area contributed by atoms with Crippen LogP contribution in [0.2, 0.25) is 0 Å². The maximum Gasteiger partial charge on any atom is 0.227 e. The van der Waals surface area contributed by atoms with Crippen molar-refractivity contribution in [2.75, 3.05) is 11.1 Å². The molecule has 2 rings (SSSR count). The third kappa shape index (κ3) is 2.04. The van der Waals surface area contributed by atoms with Gasteiger partial charge in [0.1, 0.15) is 0 Å². The van der Waals surface area contributed by atoms with Crippen LogP contribution < -0.4 is 11.1 Å². The summed E-state index contributed by atoms with van der Waals surface area (Å²) in [5.41, 5.74) is 7.82. The lowest BCUT2D eigenvalue weighted by atomic mass is 10.4. The Morgan fingerprint density at radius 3 is 2.53 bits per heavy atom. The molecular weight excluding hydrogens is 192 g/mol. The Hall–Kier alpha value is -2.11. The van der Waals surface area contributed by atoms with Crippen molar-refractivity contribution in [3.63, 3.8) is 0 Å². The Balaban J connectivity index is 2.21. The fourth-order valence-electron chi connectivity index (χ4n) is 1.25. The smallest absolute Gasteiger partial charge is 0.227 e. The van der Waals surface area contributed by atoms with E-state index in [1.807, 2.05) is 20.2 Å². The van der Waals surface area contributed by atoms with E-state index >= 15 is 0 Å². The van der Waals surface area contributed by atoms with Gasteiger partial charge in [-0.3, -0.25) is 4.68 Å². The number of hydrogen-bond acceptors (Lipinski definition) is 5.